The summed E-state index contributed by atoms with van der Waals surface area (Å²) in [6.45, 7) is 0. The number of imide groups is 1. The Morgan fingerprint density at radius 2 is 1.24 bits per heavy atom. The molecule has 25 heavy (non-hydrogen) atoms. The average Bonchev–Trinajstić information content (AvgIpc) is 3.41. The molecule has 1 aromatic carbocycles. The zero-order chi connectivity index (χ0) is 17.0. The first kappa shape index (κ1) is 14.7. The number of amides is 2. The fraction of sp³-hybridized carbons (Fsp3) is 0.333. The minimum atomic E-state index is -0.166. The predicted octanol–water partition coefficient (Wildman–Crippen LogP) is 3.19. The summed E-state index contributed by atoms with van der Waals surface area (Å²) in [4.78, 5) is 25.9. The Bertz CT molecular complexity index is 771. The standard InChI is InChI=1S/C21H20N2O2/c24-20-18-14-10-11-15(17-12-16(14)17)19(18)21(25)23(20)22-13-8-6-4-2-1-3-5-7-9-13/h1-11,14-19,22H,12H2/t14?,15?,16-,17+,18+,19-. The molecule has 1 aliphatic heterocycles. The Morgan fingerprint density at radius 3 is 1.76 bits per heavy atom. The van der Waals surface area contributed by atoms with Crippen molar-refractivity contribution in [3.8, 4) is 0 Å². The highest BCUT2D eigenvalue weighted by atomic mass is 16.2. The lowest BCUT2D eigenvalue weighted by molar-refractivity contribution is -0.138. The van der Waals surface area contributed by atoms with Crippen LogP contribution < -0.4 is 5.43 Å². The zero-order valence-corrected chi connectivity index (χ0v) is 13.8. The number of rotatable bonds is 2. The quantitative estimate of drug-likeness (QED) is 0.668. The van der Waals surface area contributed by atoms with Crippen molar-refractivity contribution >= 4 is 17.5 Å². The fourth-order valence-electron chi connectivity index (χ4n) is 4.97. The van der Waals surface area contributed by atoms with Crippen LogP contribution in [0.5, 0.6) is 0 Å². The monoisotopic (exact) mass is 332 g/mol. The van der Waals surface area contributed by atoms with E-state index < -0.39 is 0 Å². The van der Waals surface area contributed by atoms with Crippen molar-refractivity contribution in [1.29, 1.82) is 0 Å². The lowest BCUT2D eigenvalue weighted by atomic mass is 9.63. The number of hydrogen-bond acceptors (Lipinski definition) is 3. The third-order valence-corrected chi connectivity index (χ3v) is 6.12. The lowest BCUT2D eigenvalue weighted by Gasteiger charge is -2.37. The van der Waals surface area contributed by atoms with E-state index in [1.165, 1.54) is 11.4 Å². The Morgan fingerprint density at radius 1 is 0.760 bits per heavy atom. The van der Waals surface area contributed by atoms with E-state index in [9.17, 15) is 9.59 Å². The Hall–Kier alpha value is -2.62. The summed E-state index contributed by atoms with van der Waals surface area (Å²) in [5, 5.41) is 1.27. The summed E-state index contributed by atoms with van der Waals surface area (Å²) in [5.41, 5.74) is 3.78. The highest BCUT2D eigenvalue weighted by molar-refractivity contribution is 6.07. The topological polar surface area (TPSA) is 49.4 Å². The van der Waals surface area contributed by atoms with Crippen LogP contribution >= 0.6 is 0 Å². The van der Waals surface area contributed by atoms with E-state index in [4.69, 9.17) is 0 Å². The molecule has 126 valence electrons. The van der Waals surface area contributed by atoms with Gasteiger partial charge in [-0.1, -0.05) is 54.6 Å². The van der Waals surface area contributed by atoms with Crippen molar-refractivity contribution in [2.45, 2.75) is 6.42 Å². The molecule has 0 radical (unpaired) electrons. The first-order valence-corrected chi connectivity index (χ1v) is 8.97. The molecule has 2 unspecified atom stereocenters. The van der Waals surface area contributed by atoms with E-state index >= 15 is 0 Å². The fourth-order valence-corrected chi connectivity index (χ4v) is 4.97. The van der Waals surface area contributed by atoms with E-state index in [2.05, 4.69) is 17.6 Å². The van der Waals surface area contributed by atoms with Gasteiger partial charge in [0.05, 0.1) is 17.5 Å². The third-order valence-electron chi connectivity index (χ3n) is 6.12. The van der Waals surface area contributed by atoms with Gasteiger partial charge in [-0.25, -0.2) is 0 Å². The summed E-state index contributed by atoms with van der Waals surface area (Å²) in [7, 11) is 0. The molecule has 5 aliphatic rings. The van der Waals surface area contributed by atoms with Gasteiger partial charge < -0.3 is 0 Å². The average molecular weight is 332 g/mol. The first-order chi connectivity index (χ1) is 12.3. The van der Waals surface area contributed by atoms with Crippen molar-refractivity contribution in [2.75, 3.05) is 5.43 Å². The molecule has 6 atom stereocenters. The lowest BCUT2D eigenvalue weighted by Crippen LogP contribution is -2.40. The number of carbonyl (C=O) groups excluding carboxylic acids is 2. The zero-order valence-electron chi connectivity index (χ0n) is 13.8. The van der Waals surface area contributed by atoms with Gasteiger partial charge in [0.25, 0.3) is 11.8 Å². The van der Waals surface area contributed by atoms with Crippen molar-refractivity contribution < 1.29 is 9.59 Å². The molecule has 0 spiro atoms. The van der Waals surface area contributed by atoms with Gasteiger partial charge in [0, 0.05) is 0 Å². The molecule has 4 aliphatic carbocycles. The van der Waals surface area contributed by atoms with Gasteiger partial charge in [-0.2, -0.15) is 5.01 Å². The van der Waals surface area contributed by atoms with Gasteiger partial charge in [0.1, 0.15) is 0 Å². The second kappa shape index (κ2) is 5.45. The molecule has 4 nitrogen and oxygen atoms in total. The molecule has 1 aromatic rings. The summed E-state index contributed by atoms with van der Waals surface area (Å²) in [6.07, 6.45) is 5.57. The number of carbonyl (C=O) groups is 2. The van der Waals surface area contributed by atoms with Crippen LogP contribution in [0.25, 0.3) is 0 Å². The first-order valence-electron chi connectivity index (χ1n) is 8.97. The molecule has 2 bridgehead atoms. The van der Waals surface area contributed by atoms with E-state index in [0.717, 1.165) is 5.69 Å². The molecule has 1 heterocycles. The molecule has 0 aromatic heterocycles. The van der Waals surface area contributed by atoms with Crippen LogP contribution in [0.1, 0.15) is 6.42 Å². The van der Waals surface area contributed by atoms with E-state index in [1.807, 2.05) is 54.6 Å². The van der Waals surface area contributed by atoms with E-state index in [-0.39, 0.29) is 35.5 Å². The van der Waals surface area contributed by atoms with Gasteiger partial charge in [0.15, 0.2) is 0 Å². The molecule has 1 N–H and O–H groups in total. The Labute approximate surface area is 146 Å². The minimum Gasteiger partial charge on any atom is -0.289 e. The summed E-state index contributed by atoms with van der Waals surface area (Å²) >= 11 is 0. The number of nitrogens with zero attached hydrogens (tertiary/aromatic N) is 1. The molecule has 3 fully saturated rings. The number of anilines is 1. The second-order valence-corrected chi connectivity index (χ2v) is 7.41. The summed E-state index contributed by atoms with van der Waals surface area (Å²) in [5.74, 6) is 1.30. The van der Waals surface area contributed by atoms with Crippen LogP contribution in [0.3, 0.4) is 0 Å². The van der Waals surface area contributed by atoms with Gasteiger partial charge in [-0.15, -0.1) is 0 Å². The SMILES string of the molecule is O=C1[C@@H]2C3C=CC([C@H]4C[C@@H]34)[C@@H]2C(=O)N1Nc1ccccccccc1. The Kier molecular flexibility index (Phi) is 3.20. The molecule has 6 rings (SSSR count). The van der Waals surface area contributed by atoms with Crippen molar-refractivity contribution in [3.63, 3.8) is 0 Å². The van der Waals surface area contributed by atoms with Gasteiger partial charge >= 0.3 is 0 Å². The molecular weight excluding hydrogens is 312 g/mol. The normalized spacial score (nSPS) is 36.6. The van der Waals surface area contributed by atoms with Gasteiger partial charge in [-0.3, -0.25) is 15.0 Å². The van der Waals surface area contributed by atoms with Crippen molar-refractivity contribution in [3.05, 3.63) is 66.7 Å². The number of allylic oxidation sites excluding steroid dienone is 2. The van der Waals surface area contributed by atoms with Crippen LogP contribution in [0.15, 0.2) is 66.7 Å². The minimum absolute atomic E-state index is 0.0643. The van der Waals surface area contributed by atoms with Gasteiger partial charge in [-0.05, 0) is 42.2 Å². The maximum absolute atomic E-state index is 13.0. The van der Waals surface area contributed by atoms with Crippen LogP contribution in [0, 0.1) is 35.5 Å². The summed E-state index contributed by atoms with van der Waals surface area (Å²) < 4.78 is 0. The smallest absolute Gasteiger partial charge is 0.252 e. The van der Waals surface area contributed by atoms with Crippen LogP contribution in [-0.4, -0.2) is 16.8 Å². The molecule has 2 amide bonds. The van der Waals surface area contributed by atoms with Gasteiger partial charge in [0.2, 0.25) is 0 Å². The van der Waals surface area contributed by atoms with Crippen LogP contribution in [0.4, 0.5) is 5.69 Å². The van der Waals surface area contributed by atoms with E-state index in [0.29, 0.717) is 11.8 Å². The second-order valence-electron chi connectivity index (χ2n) is 7.41. The predicted molar refractivity (Wildman–Crippen MR) is 94.2 cm³/mol. The maximum atomic E-state index is 13.0. The molecule has 1 saturated heterocycles. The van der Waals surface area contributed by atoms with Crippen molar-refractivity contribution in [1.82, 2.24) is 5.01 Å². The summed E-state index contributed by atoms with van der Waals surface area (Å²) in [6, 6.07) is 17.1. The largest absolute Gasteiger partial charge is 0.289 e. The highest BCUT2D eigenvalue weighted by Gasteiger charge is 2.67. The molecular formula is C21H20N2O2. The highest BCUT2D eigenvalue weighted by Crippen LogP contribution is 2.65. The molecule has 2 saturated carbocycles. The van der Waals surface area contributed by atoms with Crippen molar-refractivity contribution in [2.24, 2.45) is 35.5 Å². The number of hydrogen-bond donors (Lipinski definition) is 1. The van der Waals surface area contributed by atoms with Crippen LogP contribution in [-0.2, 0) is 9.59 Å². The van der Waals surface area contributed by atoms with Crippen LogP contribution in [0.2, 0.25) is 0 Å². The maximum Gasteiger partial charge on any atom is 0.252 e. The van der Waals surface area contributed by atoms with E-state index in [1.54, 1.807) is 0 Å². The number of hydrazine groups is 1. The Balaban J connectivity index is 1.45. The molecule has 4 heteroatoms. The number of nitrogens with one attached hydrogen (secondary N) is 1. The third kappa shape index (κ3) is 2.20.